The largest absolute Gasteiger partial charge is 0.481 e. The predicted molar refractivity (Wildman–Crippen MR) is 61.8 cm³/mol. The first-order valence-electron chi connectivity index (χ1n) is 5.33. The molecule has 0 spiro atoms. The van der Waals surface area contributed by atoms with Crippen LogP contribution in [0.15, 0.2) is 11.8 Å². The second kappa shape index (κ2) is 8.16. The lowest BCUT2D eigenvalue weighted by molar-refractivity contribution is -0.137. The molecular formula is C11H17N3O3. The Balaban J connectivity index is 4.06. The zero-order chi connectivity index (χ0) is 13.3. The third kappa shape index (κ3) is 7.85. The van der Waals surface area contributed by atoms with Crippen LogP contribution in [0.2, 0.25) is 0 Å². The van der Waals surface area contributed by atoms with Crippen LogP contribution in [0, 0.1) is 11.3 Å². The Bertz CT molecular complexity index is 342. The highest BCUT2D eigenvalue weighted by Gasteiger charge is 2.08. The van der Waals surface area contributed by atoms with Gasteiger partial charge in [0.2, 0.25) is 0 Å². The highest BCUT2D eigenvalue weighted by molar-refractivity contribution is 5.97. The van der Waals surface area contributed by atoms with Gasteiger partial charge in [-0.25, -0.2) is 0 Å². The monoisotopic (exact) mass is 239 g/mol. The minimum atomic E-state index is -0.906. The summed E-state index contributed by atoms with van der Waals surface area (Å²) in [5.74, 6) is -1.40. The zero-order valence-electron chi connectivity index (χ0n) is 9.99. The second-order valence-electron chi connectivity index (χ2n) is 3.74. The number of nitriles is 1. The number of nitrogens with zero attached hydrogens (tertiary/aromatic N) is 1. The van der Waals surface area contributed by atoms with E-state index >= 15 is 0 Å². The number of amides is 1. The number of carboxylic acid groups (broad SMARTS) is 1. The van der Waals surface area contributed by atoms with Crippen molar-refractivity contribution in [3.63, 3.8) is 0 Å². The summed E-state index contributed by atoms with van der Waals surface area (Å²) in [5.41, 5.74) is -0.0194. The van der Waals surface area contributed by atoms with Gasteiger partial charge >= 0.3 is 5.97 Å². The van der Waals surface area contributed by atoms with Gasteiger partial charge in [0, 0.05) is 25.2 Å². The standard InChI is InChI=1S/C11H17N3O3/c1-8(2)14-7-9(6-12)11(17)13-5-3-4-10(15)16/h7-8,14H,3-5H2,1-2H3,(H,13,17)(H,15,16)/b9-7-. The molecule has 0 aromatic rings. The molecule has 1 amide bonds. The van der Waals surface area contributed by atoms with E-state index in [1.807, 2.05) is 13.8 Å². The third-order valence-corrected chi connectivity index (χ3v) is 1.78. The van der Waals surface area contributed by atoms with Crippen molar-refractivity contribution >= 4 is 11.9 Å². The van der Waals surface area contributed by atoms with E-state index in [4.69, 9.17) is 10.4 Å². The molecule has 0 rings (SSSR count). The maximum absolute atomic E-state index is 11.4. The van der Waals surface area contributed by atoms with Crippen molar-refractivity contribution in [1.29, 1.82) is 5.26 Å². The lowest BCUT2D eigenvalue weighted by Gasteiger charge is -2.06. The second-order valence-corrected chi connectivity index (χ2v) is 3.74. The molecule has 3 N–H and O–H groups in total. The van der Waals surface area contributed by atoms with Crippen molar-refractivity contribution in [2.45, 2.75) is 32.7 Å². The maximum Gasteiger partial charge on any atom is 0.303 e. The summed E-state index contributed by atoms with van der Waals surface area (Å²) in [6.45, 7) is 4.01. The fraction of sp³-hybridized carbons (Fsp3) is 0.545. The highest BCUT2D eigenvalue weighted by atomic mass is 16.4. The summed E-state index contributed by atoms with van der Waals surface area (Å²) < 4.78 is 0. The normalized spacial score (nSPS) is 10.8. The number of hydrogen-bond acceptors (Lipinski definition) is 4. The zero-order valence-corrected chi connectivity index (χ0v) is 9.99. The van der Waals surface area contributed by atoms with E-state index in [2.05, 4.69) is 10.6 Å². The number of aliphatic carboxylic acids is 1. The van der Waals surface area contributed by atoms with Crippen LogP contribution in [-0.2, 0) is 9.59 Å². The molecule has 0 saturated heterocycles. The van der Waals surface area contributed by atoms with E-state index in [1.54, 1.807) is 6.07 Å². The maximum atomic E-state index is 11.4. The minimum Gasteiger partial charge on any atom is -0.481 e. The van der Waals surface area contributed by atoms with Crippen LogP contribution in [-0.4, -0.2) is 29.6 Å². The van der Waals surface area contributed by atoms with Crippen LogP contribution < -0.4 is 10.6 Å². The molecule has 0 radical (unpaired) electrons. The molecule has 0 saturated carbocycles. The first-order valence-corrected chi connectivity index (χ1v) is 5.33. The Labute approximate surface area is 100 Å². The molecule has 0 aliphatic carbocycles. The third-order valence-electron chi connectivity index (χ3n) is 1.78. The van der Waals surface area contributed by atoms with Crippen LogP contribution in [0.25, 0.3) is 0 Å². The molecule has 0 bridgehead atoms. The summed E-state index contributed by atoms with van der Waals surface area (Å²) in [4.78, 5) is 21.7. The molecule has 0 aliphatic heterocycles. The van der Waals surface area contributed by atoms with E-state index in [1.165, 1.54) is 6.20 Å². The number of carboxylic acids is 1. The van der Waals surface area contributed by atoms with Crippen molar-refractivity contribution in [3.05, 3.63) is 11.8 Å². The van der Waals surface area contributed by atoms with Crippen LogP contribution in [0.5, 0.6) is 0 Å². The van der Waals surface area contributed by atoms with Gasteiger partial charge in [0.25, 0.3) is 5.91 Å². The molecule has 0 aromatic carbocycles. The molecule has 0 fully saturated rings. The lowest BCUT2D eigenvalue weighted by atomic mass is 10.2. The van der Waals surface area contributed by atoms with Crippen molar-refractivity contribution in [2.75, 3.05) is 6.54 Å². The summed E-state index contributed by atoms with van der Waals surface area (Å²) in [7, 11) is 0. The molecule has 0 heterocycles. The molecular weight excluding hydrogens is 222 g/mol. The first-order chi connectivity index (χ1) is 7.97. The number of carbonyl (C=O) groups excluding carboxylic acids is 1. The van der Waals surface area contributed by atoms with E-state index in [0.717, 1.165) is 0 Å². The summed E-state index contributed by atoms with van der Waals surface area (Å²) in [6, 6.07) is 1.91. The van der Waals surface area contributed by atoms with Gasteiger partial charge in [-0.1, -0.05) is 0 Å². The molecule has 6 heteroatoms. The fourth-order valence-corrected chi connectivity index (χ4v) is 0.935. The van der Waals surface area contributed by atoms with Gasteiger partial charge < -0.3 is 15.7 Å². The SMILES string of the molecule is CC(C)N/C=C(/C#N)C(=O)NCCCC(=O)O. The summed E-state index contributed by atoms with van der Waals surface area (Å²) in [6.07, 6.45) is 1.70. The van der Waals surface area contributed by atoms with Crippen LogP contribution in [0.4, 0.5) is 0 Å². The molecule has 0 atom stereocenters. The molecule has 94 valence electrons. The number of carbonyl (C=O) groups is 2. The number of nitrogens with one attached hydrogen (secondary N) is 2. The molecule has 17 heavy (non-hydrogen) atoms. The van der Waals surface area contributed by atoms with Gasteiger partial charge in [-0.2, -0.15) is 5.26 Å². The first kappa shape index (κ1) is 15.0. The van der Waals surface area contributed by atoms with Crippen LogP contribution in [0.1, 0.15) is 26.7 Å². The van der Waals surface area contributed by atoms with Gasteiger partial charge in [-0.15, -0.1) is 0 Å². The molecule has 6 nitrogen and oxygen atoms in total. The summed E-state index contributed by atoms with van der Waals surface area (Å²) in [5, 5.41) is 22.5. The van der Waals surface area contributed by atoms with Crippen molar-refractivity contribution in [2.24, 2.45) is 0 Å². The predicted octanol–water partition coefficient (Wildman–Crippen LogP) is 0.373. The molecule has 0 unspecified atom stereocenters. The van der Waals surface area contributed by atoms with Gasteiger partial charge in [0.1, 0.15) is 11.6 Å². The van der Waals surface area contributed by atoms with E-state index in [0.29, 0.717) is 6.42 Å². The van der Waals surface area contributed by atoms with Crippen molar-refractivity contribution < 1.29 is 14.7 Å². The van der Waals surface area contributed by atoms with E-state index < -0.39 is 11.9 Å². The minimum absolute atomic E-state index is 0.00384. The topological polar surface area (TPSA) is 102 Å². The Kier molecular flexibility index (Phi) is 7.19. The van der Waals surface area contributed by atoms with Gasteiger partial charge in [-0.3, -0.25) is 9.59 Å². The Morgan fingerprint density at radius 1 is 1.47 bits per heavy atom. The fourth-order valence-electron chi connectivity index (χ4n) is 0.935. The highest BCUT2D eigenvalue weighted by Crippen LogP contribution is 1.93. The average Bonchev–Trinajstić information content (AvgIpc) is 2.24. The summed E-state index contributed by atoms with van der Waals surface area (Å²) >= 11 is 0. The van der Waals surface area contributed by atoms with Crippen molar-refractivity contribution in [1.82, 2.24) is 10.6 Å². The van der Waals surface area contributed by atoms with Crippen LogP contribution >= 0.6 is 0 Å². The quantitative estimate of drug-likeness (QED) is 0.338. The Hall–Kier alpha value is -2.03. The van der Waals surface area contributed by atoms with Crippen LogP contribution in [0.3, 0.4) is 0 Å². The number of hydrogen-bond donors (Lipinski definition) is 3. The van der Waals surface area contributed by atoms with E-state index in [-0.39, 0.29) is 24.6 Å². The Morgan fingerprint density at radius 2 is 2.12 bits per heavy atom. The van der Waals surface area contributed by atoms with Gasteiger partial charge in [-0.05, 0) is 20.3 Å². The van der Waals surface area contributed by atoms with Gasteiger partial charge in [0.15, 0.2) is 0 Å². The van der Waals surface area contributed by atoms with Crippen molar-refractivity contribution in [3.8, 4) is 6.07 Å². The Morgan fingerprint density at radius 3 is 2.59 bits per heavy atom. The smallest absolute Gasteiger partial charge is 0.303 e. The average molecular weight is 239 g/mol. The lowest BCUT2D eigenvalue weighted by Crippen LogP contribution is -2.27. The molecule has 0 aromatic heterocycles. The van der Waals surface area contributed by atoms with Gasteiger partial charge in [0.05, 0.1) is 0 Å². The molecule has 0 aliphatic rings. The van der Waals surface area contributed by atoms with E-state index in [9.17, 15) is 9.59 Å². The number of rotatable bonds is 7.